The second-order valence-electron chi connectivity index (χ2n) is 5.79. The van der Waals surface area contributed by atoms with E-state index in [1.165, 1.54) is 12.1 Å². The lowest BCUT2D eigenvalue weighted by atomic mass is 10.1. The molecule has 2 rings (SSSR count). The molecule has 0 aliphatic rings. The number of rotatable bonds is 7. The molecule has 0 radical (unpaired) electrons. The van der Waals surface area contributed by atoms with Gasteiger partial charge in [0.15, 0.2) is 9.84 Å². The number of hydrogen-bond acceptors (Lipinski definition) is 4. The van der Waals surface area contributed by atoms with Gasteiger partial charge in [-0.2, -0.15) is 0 Å². The molecule has 0 aliphatic heterocycles. The molecule has 0 heterocycles. The lowest BCUT2D eigenvalue weighted by Gasteiger charge is -2.17. The standard InChI is InChI=1S/C18H21ClN2O3S/c1-20-18(22)15-5-3-14(4-6-15)13-21(2)11-12-25(23,24)17-9-7-16(19)8-10-17/h3-10H,11-13H2,1-2H3,(H,20,22). The Balaban J connectivity index is 1.92. The summed E-state index contributed by atoms with van der Waals surface area (Å²) >= 11 is 5.79. The zero-order valence-electron chi connectivity index (χ0n) is 14.2. The summed E-state index contributed by atoms with van der Waals surface area (Å²) in [4.78, 5) is 13.7. The van der Waals surface area contributed by atoms with Crippen molar-refractivity contribution in [3.63, 3.8) is 0 Å². The van der Waals surface area contributed by atoms with Crippen LogP contribution in [0.4, 0.5) is 0 Å². The van der Waals surface area contributed by atoms with Gasteiger partial charge in [0.05, 0.1) is 10.6 Å². The number of benzene rings is 2. The summed E-state index contributed by atoms with van der Waals surface area (Å²) in [5, 5.41) is 3.08. The molecule has 0 fully saturated rings. The van der Waals surface area contributed by atoms with Crippen LogP contribution in [0.3, 0.4) is 0 Å². The second-order valence-corrected chi connectivity index (χ2v) is 8.33. The van der Waals surface area contributed by atoms with Crippen LogP contribution in [0, 0.1) is 0 Å². The van der Waals surface area contributed by atoms with Crippen LogP contribution in [0.2, 0.25) is 5.02 Å². The topological polar surface area (TPSA) is 66.5 Å². The highest BCUT2D eigenvalue weighted by molar-refractivity contribution is 7.91. The van der Waals surface area contributed by atoms with Crippen LogP contribution in [0.5, 0.6) is 0 Å². The molecule has 25 heavy (non-hydrogen) atoms. The van der Waals surface area contributed by atoms with Crippen LogP contribution in [-0.2, 0) is 16.4 Å². The van der Waals surface area contributed by atoms with Gasteiger partial charge in [-0.05, 0) is 49.0 Å². The zero-order valence-corrected chi connectivity index (χ0v) is 15.8. The number of carbonyl (C=O) groups is 1. The monoisotopic (exact) mass is 380 g/mol. The Morgan fingerprint density at radius 3 is 2.24 bits per heavy atom. The van der Waals surface area contributed by atoms with Gasteiger partial charge in [-0.15, -0.1) is 0 Å². The summed E-state index contributed by atoms with van der Waals surface area (Å²) in [7, 11) is 0.115. The molecule has 0 bridgehead atoms. The van der Waals surface area contributed by atoms with E-state index in [9.17, 15) is 13.2 Å². The minimum atomic E-state index is -3.34. The molecule has 0 aliphatic carbocycles. The molecule has 0 saturated carbocycles. The molecule has 0 atom stereocenters. The Morgan fingerprint density at radius 2 is 1.68 bits per heavy atom. The molecule has 7 heteroatoms. The fourth-order valence-corrected chi connectivity index (χ4v) is 3.80. The van der Waals surface area contributed by atoms with Gasteiger partial charge < -0.3 is 10.2 Å². The fourth-order valence-electron chi connectivity index (χ4n) is 2.33. The van der Waals surface area contributed by atoms with E-state index in [1.54, 1.807) is 31.3 Å². The van der Waals surface area contributed by atoms with Crippen molar-refractivity contribution in [2.45, 2.75) is 11.4 Å². The quantitative estimate of drug-likeness (QED) is 0.801. The van der Waals surface area contributed by atoms with Crippen molar-refractivity contribution >= 4 is 27.3 Å². The van der Waals surface area contributed by atoms with E-state index in [-0.39, 0.29) is 16.6 Å². The van der Waals surface area contributed by atoms with Crippen molar-refractivity contribution in [3.8, 4) is 0 Å². The number of nitrogens with one attached hydrogen (secondary N) is 1. The molecule has 0 unspecified atom stereocenters. The van der Waals surface area contributed by atoms with Crippen LogP contribution in [0.25, 0.3) is 0 Å². The van der Waals surface area contributed by atoms with Gasteiger partial charge in [0, 0.05) is 30.7 Å². The smallest absolute Gasteiger partial charge is 0.251 e. The predicted octanol–water partition coefficient (Wildman–Crippen LogP) is 2.61. The average molecular weight is 381 g/mol. The van der Waals surface area contributed by atoms with E-state index in [1.807, 2.05) is 24.1 Å². The normalized spacial score (nSPS) is 11.5. The highest BCUT2D eigenvalue weighted by Crippen LogP contribution is 2.16. The van der Waals surface area contributed by atoms with Crippen molar-refractivity contribution in [1.29, 1.82) is 0 Å². The maximum Gasteiger partial charge on any atom is 0.251 e. The van der Waals surface area contributed by atoms with E-state index >= 15 is 0 Å². The zero-order chi connectivity index (χ0) is 18.4. The number of halogens is 1. The molecule has 1 N–H and O–H groups in total. The Morgan fingerprint density at radius 1 is 1.08 bits per heavy atom. The van der Waals surface area contributed by atoms with Crippen LogP contribution >= 0.6 is 11.6 Å². The first-order chi connectivity index (χ1) is 11.8. The van der Waals surface area contributed by atoms with Gasteiger partial charge in [0.25, 0.3) is 5.91 Å². The Kier molecular flexibility index (Phi) is 6.58. The van der Waals surface area contributed by atoms with Gasteiger partial charge in [0.2, 0.25) is 0 Å². The molecule has 1 amide bonds. The molecule has 2 aromatic carbocycles. The number of carbonyl (C=O) groups excluding carboxylic acids is 1. The van der Waals surface area contributed by atoms with Crippen molar-refractivity contribution < 1.29 is 13.2 Å². The number of hydrogen-bond donors (Lipinski definition) is 1. The molecular formula is C18H21ClN2O3S. The van der Waals surface area contributed by atoms with Gasteiger partial charge >= 0.3 is 0 Å². The van der Waals surface area contributed by atoms with Crippen molar-refractivity contribution in [1.82, 2.24) is 10.2 Å². The minimum Gasteiger partial charge on any atom is -0.355 e. The van der Waals surface area contributed by atoms with Crippen molar-refractivity contribution in [2.24, 2.45) is 0 Å². The first-order valence-electron chi connectivity index (χ1n) is 7.80. The first-order valence-corrected chi connectivity index (χ1v) is 9.83. The molecular weight excluding hydrogens is 360 g/mol. The van der Waals surface area contributed by atoms with Crippen LogP contribution < -0.4 is 5.32 Å². The molecule has 0 spiro atoms. The van der Waals surface area contributed by atoms with E-state index in [0.29, 0.717) is 23.7 Å². The van der Waals surface area contributed by atoms with Gasteiger partial charge in [-0.25, -0.2) is 8.42 Å². The lowest BCUT2D eigenvalue weighted by Crippen LogP contribution is -2.25. The minimum absolute atomic E-state index is 0.0292. The molecule has 0 saturated heterocycles. The number of amides is 1. The van der Waals surface area contributed by atoms with E-state index in [2.05, 4.69) is 5.32 Å². The summed E-state index contributed by atoms with van der Waals surface area (Å²) in [5.74, 6) is -0.101. The van der Waals surface area contributed by atoms with Crippen LogP contribution in [-0.4, -0.2) is 45.6 Å². The third-order valence-corrected chi connectivity index (χ3v) is 5.77. The maximum absolute atomic E-state index is 12.3. The summed E-state index contributed by atoms with van der Waals surface area (Å²) in [6.07, 6.45) is 0. The van der Waals surface area contributed by atoms with Crippen LogP contribution in [0.1, 0.15) is 15.9 Å². The predicted molar refractivity (Wildman–Crippen MR) is 99.7 cm³/mol. The fraction of sp³-hybridized carbons (Fsp3) is 0.278. The maximum atomic E-state index is 12.3. The van der Waals surface area contributed by atoms with E-state index in [0.717, 1.165) is 5.56 Å². The second kappa shape index (κ2) is 8.47. The van der Waals surface area contributed by atoms with E-state index < -0.39 is 9.84 Å². The Bertz CT molecular complexity index is 818. The Hall–Kier alpha value is -1.89. The molecule has 5 nitrogen and oxygen atoms in total. The van der Waals surface area contributed by atoms with Gasteiger partial charge in [-0.1, -0.05) is 23.7 Å². The van der Waals surface area contributed by atoms with Crippen LogP contribution in [0.15, 0.2) is 53.4 Å². The van der Waals surface area contributed by atoms with Gasteiger partial charge in [-0.3, -0.25) is 4.79 Å². The van der Waals surface area contributed by atoms with Gasteiger partial charge in [0.1, 0.15) is 0 Å². The summed E-state index contributed by atoms with van der Waals surface area (Å²) < 4.78 is 24.7. The molecule has 2 aromatic rings. The third-order valence-electron chi connectivity index (χ3n) is 3.81. The van der Waals surface area contributed by atoms with Crippen molar-refractivity contribution in [2.75, 3.05) is 26.4 Å². The SMILES string of the molecule is CNC(=O)c1ccc(CN(C)CCS(=O)(=O)c2ccc(Cl)cc2)cc1. The molecule has 0 aromatic heterocycles. The van der Waals surface area contributed by atoms with E-state index in [4.69, 9.17) is 11.6 Å². The first kappa shape index (κ1) is 19.4. The number of nitrogens with zero attached hydrogens (tertiary/aromatic N) is 1. The van der Waals surface area contributed by atoms with Crippen molar-refractivity contribution in [3.05, 3.63) is 64.7 Å². The summed E-state index contributed by atoms with van der Waals surface area (Å²) in [5.41, 5.74) is 1.61. The number of sulfone groups is 1. The molecule has 134 valence electrons. The largest absolute Gasteiger partial charge is 0.355 e. The Labute approximate surface area is 153 Å². The lowest BCUT2D eigenvalue weighted by molar-refractivity contribution is 0.0963. The average Bonchev–Trinajstić information content (AvgIpc) is 2.60. The summed E-state index contributed by atoms with van der Waals surface area (Å²) in [6, 6.07) is 13.4. The third kappa shape index (κ3) is 5.56. The highest BCUT2D eigenvalue weighted by atomic mass is 35.5. The summed E-state index contributed by atoms with van der Waals surface area (Å²) in [6.45, 7) is 1.01. The highest BCUT2D eigenvalue weighted by Gasteiger charge is 2.15.